The second-order valence-electron chi connectivity index (χ2n) is 5.22. The van der Waals surface area contributed by atoms with Gasteiger partial charge in [0, 0.05) is 12.1 Å². The monoisotopic (exact) mass is 291 g/mol. The third-order valence-electron chi connectivity index (χ3n) is 3.28. The van der Waals surface area contributed by atoms with Crippen LogP contribution in [-0.2, 0) is 4.79 Å². The van der Waals surface area contributed by atoms with Crippen LogP contribution >= 0.6 is 0 Å². The highest BCUT2D eigenvalue weighted by atomic mass is 16.5. The van der Waals surface area contributed by atoms with Gasteiger partial charge in [-0.05, 0) is 43.5 Å². The van der Waals surface area contributed by atoms with Crippen molar-refractivity contribution >= 4 is 12.0 Å². The molecule has 21 heavy (non-hydrogen) atoms. The molecule has 4 nitrogen and oxygen atoms in total. The molecule has 1 aromatic rings. The zero-order valence-electron chi connectivity index (χ0n) is 13.5. The molecule has 0 heterocycles. The zero-order valence-corrected chi connectivity index (χ0v) is 13.5. The van der Waals surface area contributed by atoms with Crippen molar-refractivity contribution in [1.82, 2.24) is 5.32 Å². The van der Waals surface area contributed by atoms with Gasteiger partial charge in [-0.1, -0.05) is 19.9 Å². The molecule has 1 N–H and O–H groups in total. The van der Waals surface area contributed by atoms with Crippen molar-refractivity contribution in [1.29, 1.82) is 0 Å². The molecule has 0 saturated carbocycles. The van der Waals surface area contributed by atoms with E-state index in [4.69, 9.17) is 9.47 Å². The predicted octanol–water partition coefficient (Wildman–Crippen LogP) is 3.27. The Balaban J connectivity index is 2.74. The molecule has 1 amide bonds. The predicted molar refractivity (Wildman–Crippen MR) is 85.6 cm³/mol. The van der Waals surface area contributed by atoms with E-state index in [0.29, 0.717) is 24.0 Å². The van der Waals surface area contributed by atoms with Gasteiger partial charge in [0.05, 0.1) is 13.7 Å². The van der Waals surface area contributed by atoms with Crippen LogP contribution < -0.4 is 14.8 Å². The van der Waals surface area contributed by atoms with Crippen LogP contribution in [0.2, 0.25) is 0 Å². The van der Waals surface area contributed by atoms with Gasteiger partial charge in [-0.15, -0.1) is 0 Å². The number of ether oxygens (including phenoxy) is 2. The van der Waals surface area contributed by atoms with Gasteiger partial charge in [-0.3, -0.25) is 4.79 Å². The summed E-state index contributed by atoms with van der Waals surface area (Å²) in [6, 6.07) is 5.73. The van der Waals surface area contributed by atoms with Crippen molar-refractivity contribution in [2.75, 3.05) is 13.7 Å². The molecule has 0 spiro atoms. The lowest BCUT2D eigenvalue weighted by molar-refractivity contribution is -0.117. The van der Waals surface area contributed by atoms with E-state index in [9.17, 15) is 4.79 Å². The topological polar surface area (TPSA) is 47.6 Å². The minimum atomic E-state index is -0.0935. The van der Waals surface area contributed by atoms with Crippen LogP contribution in [0.1, 0.15) is 33.3 Å². The van der Waals surface area contributed by atoms with E-state index in [1.807, 2.05) is 32.0 Å². The highest BCUT2D eigenvalue weighted by Gasteiger charge is 2.08. The van der Waals surface area contributed by atoms with E-state index in [0.717, 1.165) is 5.56 Å². The summed E-state index contributed by atoms with van der Waals surface area (Å²) in [5.74, 6) is 1.68. The fraction of sp³-hybridized carbons (Fsp3) is 0.471. The number of methoxy groups -OCH3 is 1. The van der Waals surface area contributed by atoms with Crippen molar-refractivity contribution in [2.24, 2.45) is 5.92 Å². The number of benzene rings is 1. The number of rotatable bonds is 7. The molecule has 0 aromatic heterocycles. The molecule has 0 aliphatic heterocycles. The van der Waals surface area contributed by atoms with Crippen molar-refractivity contribution in [3.8, 4) is 11.5 Å². The Hall–Kier alpha value is -1.97. The van der Waals surface area contributed by atoms with Crippen LogP contribution in [0.15, 0.2) is 24.3 Å². The maximum Gasteiger partial charge on any atom is 0.244 e. The zero-order chi connectivity index (χ0) is 15.8. The standard InChI is InChI=1S/C17H25NO3/c1-6-21-15-9-7-14(11-16(15)20-5)8-10-17(19)18-13(4)12(2)3/h7-13H,6H2,1-5H3,(H,18,19)/b10-8+. The van der Waals surface area contributed by atoms with Gasteiger partial charge in [0.2, 0.25) is 5.91 Å². The summed E-state index contributed by atoms with van der Waals surface area (Å²) in [6.07, 6.45) is 3.30. The highest BCUT2D eigenvalue weighted by Crippen LogP contribution is 2.28. The molecular formula is C17H25NO3. The van der Waals surface area contributed by atoms with Crippen LogP contribution in [0.5, 0.6) is 11.5 Å². The maximum absolute atomic E-state index is 11.8. The Morgan fingerprint density at radius 2 is 2.00 bits per heavy atom. The average molecular weight is 291 g/mol. The molecular weight excluding hydrogens is 266 g/mol. The highest BCUT2D eigenvalue weighted by molar-refractivity contribution is 5.92. The smallest absolute Gasteiger partial charge is 0.244 e. The van der Waals surface area contributed by atoms with E-state index >= 15 is 0 Å². The number of hydrogen-bond donors (Lipinski definition) is 1. The van der Waals surface area contributed by atoms with E-state index in [1.165, 1.54) is 6.08 Å². The summed E-state index contributed by atoms with van der Waals surface area (Å²) in [6.45, 7) is 8.66. The van der Waals surface area contributed by atoms with Crippen LogP contribution in [-0.4, -0.2) is 25.7 Å². The minimum Gasteiger partial charge on any atom is -0.493 e. The summed E-state index contributed by atoms with van der Waals surface area (Å²) in [7, 11) is 1.60. The molecule has 0 saturated heterocycles. The Morgan fingerprint density at radius 3 is 2.57 bits per heavy atom. The first-order valence-electron chi connectivity index (χ1n) is 7.27. The summed E-state index contributed by atoms with van der Waals surface area (Å²) in [4.78, 5) is 11.8. The van der Waals surface area contributed by atoms with Crippen LogP contribution in [0.25, 0.3) is 6.08 Å². The Kier molecular flexibility index (Phi) is 6.79. The molecule has 0 radical (unpaired) electrons. The fourth-order valence-electron chi connectivity index (χ4n) is 1.67. The molecule has 1 aromatic carbocycles. The molecule has 1 atom stereocenters. The maximum atomic E-state index is 11.8. The summed E-state index contributed by atoms with van der Waals surface area (Å²) >= 11 is 0. The van der Waals surface area contributed by atoms with Crippen molar-refractivity contribution < 1.29 is 14.3 Å². The SMILES string of the molecule is CCOc1ccc(/C=C/C(=O)NC(C)C(C)C)cc1OC. The number of amides is 1. The molecule has 0 bridgehead atoms. The molecule has 0 aliphatic rings. The Bertz CT molecular complexity index is 495. The van der Waals surface area contributed by atoms with E-state index in [1.54, 1.807) is 13.2 Å². The second-order valence-corrected chi connectivity index (χ2v) is 5.22. The molecule has 1 unspecified atom stereocenters. The van der Waals surface area contributed by atoms with Gasteiger partial charge in [0.25, 0.3) is 0 Å². The first-order chi connectivity index (χ1) is 9.97. The summed E-state index contributed by atoms with van der Waals surface area (Å²) < 4.78 is 10.7. The van der Waals surface area contributed by atoms with Crippen molar-refractivity contribution in [3.63, 3.8) is 0 Å². The first kappa shape index (κ1) is 17.1. The lowest BCUT2D eigenvalue weighted by Gasteiger charge is -2.15. The van der Waals surface area contributed by atoms with Gasteiger partial charge >= 0.3 is 0 Å². The van der Waals surface area contributed by atoms with E-state index in [2.05, 4.69) is 19.2 Å². The fourth-order valence-corrected chi connectivity index (χ4v) is 1.67. The lowest BCUT2D eigenvalue weighted by Crippen LogP contribution is -2.34. The molecule has 0 aliphatic carbocycles. The van der Waals surface area contributed by atoms with Crippen molar-refractivity contribution in [3.05, 3.63) is 29.8 Å². The third kappa shape index (κ3) is 5.50. The summed E-state index contributed by atoms with van der Waals surface area (Å²) in [5, 5.41) is 2.93. The van der Waals surface area contributed by atoms with E-state index in [-0.39, 0.29) is 11.9 Å². The molecule has 4 heteroatoms. The van der Waals surface area contributed by atoms with Crippen LogP contribution in [0.3, 0.4) is 0 Å². The quantitative estimate of drug-likeness (QED) is 0.784. The van der Waals surface area contributed by atoms with Crippen LogP contribution in [0, 0.1) is 5.92 Å². The number of carbonyl (C=O) groups is 1. The second kappa shape index (κ2) is 8.35. The number of carbonyl (C=O) groups excluding carboxylic acids is 1. The molecule has 0 fully saturated rings. The largest absolute Gasteiger partial charge is 0.493 e. The third-order valence-corrected chi connectivity index (χ3v) is 3.28. The first-order valence-corrected chi connectivity index (χ1v) is 7.27. The van der Waals surface area contributed by atoms with Gasteiger partial charge in [-0.2, -0.15) is 0 Å². The normalized spacial score (nSPS) is 12.5. The number of hydrogen-bond acceptors (Lipinski definition) is 3. The van der Waals surface area contributed by atoms with Crippen LogP contribution in [0.4, 0.5) is 0 Å². The Labute approximate surface area is 127 Å². The van der Waals surface area contributed by atoms with Gasteiger partial charge < -0.3 is 14.8 Å². The number of nitrogens with one attached hydrogen (secondary N) is 1. The van der Waals surface area contributed by atoms with E-state index < -0.39 is 0 Å². The average Bonchev–Trinajstić information content (AvgIpc) is 2.46. The van der Waals surface area contributed by atoms with Gasteiger partial charge in [0.15, 0.2) is 11.5 Å². The minimum absolute atomic E-state index is 0.0935. The Morgan fingerprint density at radius 1 is 1.29 bits per heavy atom. The van der Waals surface area contributed by atoms with Gasteiger partial charge in [0.1, 0.15) is 0 Å². The summed E-state index contributed by atoms with van der Waals surface area (Å²) in [5.41, 5.74) is 0.891. The molecule has 1 rings (SSSR count). The lowest BCUT2D eigenvalue weighted by atomic mass is 10.1. The van der Waals surface area contributed by atoms with Crippen molar-refractivity contribution in [2.45, 2.75) is 33.7 Å². The molecule has 116 valence electrons. The van der Waals surface area contributed by atoms with Gasteiger partial charge in [-0.25, -0.2) is 0 Å².